The fourth-order valence-electron chi connectivity index (χ4n) is 4.47. The second-order valence-corrected chi connectivity index (χ2v) is 9.91. The standard InChI is InChI=1S/C27H52O8/c1-2-3-4-5-6-7-8-9-10-11-12-13-14-15-16-17-25(32)35-26-23(31)21-34-27(26)24(19-29)33-20-22(30)18-28/h22-24,26-31H,2-21H2,1H3/t22?,23-,24+,26+,27+/m0/s1. The summed E-state index contributed by atoms with van der Waals surface area (Å²) in [6.07, 6.45) is 14.4. The van der Waals surface area contributed by atoms with E-state index >= 15 is 0 Å². The number of rotatable bonds is 23. The van der Waals surface area contributed by atoms with Crippen LogP contribution in [0.3, 0.4) is 0 Å². The van der Waals surface area contributed by atoms with Crippen molar-refractivity contribution < 1.29 is 39.4 Å². The zero-order valence-corrected chi connectivity index (χ0v) is 22.0. The van der Waals surface area contributed by atoms with E-state index in [1.165, 1.54) is 77.0 Å². The molecule has 0 radical (unpaired) electrons. The average Bonchev–Trinajstić information content (AvgIpc) is 3.21. The van der Waals surface area contributed by atoms with Crippen molar-refractivity contribution >= 4 is 5.97 Å². The van der Waals surface area contributed by atoms with Crippen molar-refractivity contribution in [2.24, 2.45) is 0 Å². The van der Waals surface area contributed by atoms with Gasteiger partial charge in [-0.3, -0.25) is 4.79 Å². The zero-order valence-electron chi connectivity index (χ0n) is 22.0. The molecule has 1 aliphatic rings. The van der Waals surface area contributed by atoms with Gasteiger partial charge in [0.1, 0.15) is 24.4 Å². The molecule has 8 heteroatoms. The molecular formula is C27H52O8. The molecule has 0 spiro atoms. The van der Waals surface area contributed by atoms with Gasteiger partial charge in [-0.15, -0.1) is 0 Å². The van der Waals surface area contributed by atoms with E-state index in [-0.39, 0.29) is 19.6 Å². The number of carbonyl (C=O) groups excluding carboxylic acids is 1. The molecule has 1 aliphatic heterocycles. The van der Waals surface area contributed by atoms with E-state index in [2.05, 4.69) is 6.92 Å². The van der Waals surface area contributed by atoms with E-state index in [9.17, 15) is 20.1 Å². The molecule has 5 atom stereocenters. The molecule has 8 nitrogen and oxygen atoms in total. The number of hydrogen-bond acceptors (Lipinski definition) is 8. The Labute approximate surface area is 212 Å². The summed E-state index contributed by atoms with van der Waals surface area (Å²) in [6.45, 7) is 1.14. The lowest BCUT2D eigenvalue weighted by molar-refractivity contribution is -0.165. The number of aliphatic hydroxyl groups excluding tert-OH is 4. The molecule has 1 heterocycles. The van der Waals surface area contributed by atoms with E-state index in [0.29, 0.717) is 0 Å². The Kier molecular flexibility index (Phi) is 19.7. The Morgan fingerprint density at radius 3 is 1.86 bits per heavy atom. The topological polar surface area (TPSA) is 126 Å². The van der Waals surface area contributed by atoms with Crippen molar-refractivity contribution in [1.29, 1.82) is 0 Å². The lowest BCUT2D eigenvalue weighted by Crippen LogP contribution is -2.45. The molecule has 1 fully saturated rings. The van der Waals surface area contributed by atoms with Crippen LogP contribution in [0.25, 0.3) is 0 Å². The average molecular weight is 505 g/mol. The van der Waals surface area contributed by atoms with E-state index < -0.39 is 49.7 Å². The molecule has 0 aromatic heterocycles. The van der Waals surface area contributed by atoms with Crippen molar-refractivity contribution in [3.63, 3.8) is 0 Å². The summed E-state index contributed by atoms with van der Waals surface area (Å²) < 4.78 is 16.3. The van der Waals surface area contributed by atoms with Crippen molar-refractivity contribution in [2.45, 2.75) is 140 Å². The van der Waals surface area contributed by atoms with Gasteiger partial charge in [0.2, 0.25) is 0 Å². The van der Waals surface area contributed by atoms with Crippen LogP contribution in [0.5, 0.6) is 0 Å². The van der Waals surface area contributed by atoms with Crippen LogP contribution in [-0.4, -0.2) is 83.3 Å². The maximum absolute atomic E-state index is 12.3. The minimum Gasteiger partial charge on any atom is -0.457 e. The number of aliphatic hydroxyl groups is 4. The van der Waals surface area contributed by atoms with Crippen molar-refractivity contribution in [3.8, 4) is 0 Å². The maximum atomic E-state index is 12.3. The van der Waals surface area contributed by atoms with Crippen LogP contribution < -0.4 is 0 Å². The molecule has 0 bridgehead atoms. The van der Waals surface area contributed by atoms with Gasteiger partial charge in [0.05, 0.1) is 26.4 Å². The molecule has 0 amide bonds. The SMILES string of the molecule is CCCCCCCCCCCCCCCCCC(=O)O[C@H]1[C@@H]([C@@H](CO)OCC(O)CO)OC[C@@H]1O. The fraction of sp³-hybridized carbons (Fsp3) is 0.963. The maximum Gasteiger partial charge on any atom is 0.306 e. The van der Waals surface area contributed by atoms with Crippen LogP contribution in [0, 0.1) is 0 Å². The Bertz CT molecular complexity index is 504. The lowest BCUT2D eigenvalue weighted by atomic mass is 10.0. The first-order valence-corrected chi connectivity index (χ1v) is 14.0. The monoisotopic (exact) mass is 504 g/mol. The summed E-state index contributed by atoms with van der Waals surface area (Å²) in [7, 11) is 0. The van der Waals surface area contributed by atoms with Crippen LogP contribution in [-0.2, 0) is 19.0 Å². The lowest BCUT2D eigenvalue weighted by Gasteiger charge is -2.27. The van der Waals surface area contributed by atoms with Crippen LogP contribution in [0.15, 0.2) is 0 Å². The first-order valence-electron chi connectivity index (χ1n) is 14.0. The third-order valence-electron chi connectivity index (χ3n) is 6.67. The molecule has 0 aromatic rings. The first-order chi connectivity index (χ1) is 17.0. The quantitative estimate of drug-likeness (QED) is 0.123. The van der Waals surface area contributed by atoms with Gasteiger partial charge in [0, 0.05) is 6.42 Å². The van der Waals surface area contributed by atoms with Crippen LogP contribution in [0.2, 0.25) is 0 Å². The number of ether oxygens (including phenoxy) is 3. The number of esters is 1. The smallest absolute Gasteiger partial charge is 0.306 e. The van der Waals surface area contributed by atoms with Gasteiger partial charge in [-0.25, -0.2) is 0 Å². The molecule has 35 heavy (non-hydrogen) atoms. The highest BCUT2D eigenvalue weighted by Crippen LogP contribution is 2.24. The highest BCUT2D eigenvalue weighted by molar-refractivity contribution is 5.69. The van der Waals surface area contributed by atoms with E-state index in [0.717, 1.165) is 19.3 Å². The predicted octanol–water partition coefficient (Wildman–Crippen LogP) is 3.65. The minimum atomic E-state index is -1.08. The molecule has 0 aromatic carbocycles. The van der Waals surface area contributed by atoms with Gasteiger partial charge < -0.3 is 34.6 Å². The second-order valence-electron chi connectivity index (χ2n) is 9.91. The molecule has 0 aliphatic carbocycles. The van der Waals surface area contributed by atoms with Crippen LogP contribution >= 0.6 is 0 Å². The molecule has 0 saturated carbocycles. The molecule has 1 unspecified atom stereocenters. The summed E-state index contributed by atoms with van der Waals surface area (Å²) in [6, 6.07) is 0. The van der Waals surface area contributed by atoms with Gasteiger partial charge in [-0.05, 0) is 6.42 Å². The third kappa shape index (κ3) is 15.2. The summed E-state index contributed by atoms with van der Waals surface area (Å²) in [5.74, 6) is -0.397. The Hall–Kier alpha value is -0.770. The third-order valence-corrected chi connectivity index (χ3v) is 6.67. The normalized spacial score (nSPS) is 21.8. The van der Waals surface area contributed by atoms with Gasteiger partial charge >= 0.3 is 5.97 Å². The van der Waals surface area contributed by atoms with Crippen molar-refractivity contribution in [2.75, 3.05) is 26.4 Å². The highest BCUT2D eigenvalue weighted by Gasteiger charge is 2.44. The summed E-state index contributed by atoms with van der Waals surface area (Å²) in [4.78, 5) is 12.3. The van der Waals surface area contributed by atoms with E-state index in [4.69, 9.17) is 19.3 Å². The van der Waals surface area contributed by atoms with Gasteiger partial charge in [0.15, 0.2) is 6.10 Å². The molecule has 1 rings (SSSR count). The Morgan fingerprint density at radius 1 is 0.857 bits per heavy atom. The van der Waals surface area contributed by atoms with E-state index in [1.54, 1.807) is 0 Å². The van der Waals surface area contributed by atoms with Crippen LogP contribution in [0.1, 0.15) is 110 Å². The summed E-state index contributed by atoms with van der Waals surface area (Å²) >= 11 is 0. The molecule has 208 valence electrons. The van der Waals surface area contributed by atoms with Gasteiger partial charge in [-0.2, -0.15) is 0 Å². The molecule has 1 saturated heterocycles. The minimum absolute atomic E-state index is 0.0238. The fourth-order valence-corrected chi connectivity index (χ4v) is 4.47. The molecule has 4 N–H and O–H groups in total. The van der Waals surface area contributed by atoms with Crippen LogP contribution in [0.4, 0.5) is 0 Å². The zero-order chi connectivity index (χ0) is 25.7. The summed E-state index contributed by atoms with van der Waals surface area (Å²) in [5, 5.41) is 38.1. The predicted molar refractivity (Wildman–Crippen MR) is 135 cm³/mol. The Balaban J connectivity index is 2.07. The molecular weight excluding hydrogens is 452 g/mol. The summed E-state index contributed by atoms with van der Waals surface area (Å²) in [5.41, 5.74) is 0. The number of hydrogen-bond donors (Lipinski definition) is 4. The second kappa shape index (κ2) is 21.3. The van der Waals surface area contributed by atoms with Gasteiger partial charge in [-0.1, -0.05) is 96.8 Å². The first kappa shape index (κ1) is 32.3. The highest BCUT2D eigenvalue weighted by atomic mass is 16.6. The number of unbranched alkanes of at least 4 members (excludes halogenated alkanes) is 14. The Morgan fingerprint density at radius 2 is 1.37 bits per heavy atom. The van der Waals surface area contributed by atoms with Crippen molar-refractivity contribution in [3.05, 3.63) is 0 Å². The largest absolute Gasteiger partial charge is 0.457 e. The van der Waals surface area contributed by atoms with Crippen molar-refractivity contribution in [1.82, 2.24) is 0 Å². The number of carbonyl (C=O) groups is 1. The van der Waals surface area contributed by atoms with E-state index in [1.807, 2.05) is 0 Å². The van der Waals surface area contributed by atoms with Gasteiger partial charge in [0.25, 0.3) is 0 Å².